The van der Waals surface area contributed by atoms with Gasteiger partial charge in [-0.15, -0.1) is 0 Å². The van der Waals surface area contributed by atoms with Gasteiger partial charge in [0.05, 0.1) is 22.0 Å². The number of halogens is 3. The highest BCUT2D eigenvalue weighted by atomic mass is 35.5. The fraction of sp³-hybridized carbons (Fsp3) is 0.238. The van der Waals surface area contributed by atoms with Crippen LogP contribution in [0.4, 0.5) is 4.39 Å². The molecule has 0 aliphatic rings. The summed E-state index contributed by atoms with van der Waals surface area (Å²) in [6, 6.07) is 7.08. The molecule has 0 saturated heterocycles. The van der Waals surface area contributed by atoms with Gasteiger partial charge in [-0.25, -0.2) is 4.39 Å². The monoisotopic (exact) mass is 436 g/mol. The second-order valence-electron chi connectivity index (χ2n) is 6.65. The Labute approximate surface area is 177 Å². The van der Waals surface area contributed by atoms with E-state index in [0.29, 0.717) is 22.8 Å². The number of amides is 1. The summed E-state index contributed by atoms with van der Waals surface area (Å²) in [5, 5.41) is 13.1. The average Bonchev–Trinajstić information content (AvgIpc) is 2.96. The van der Waals surface area contributed by atoms with Gasteiger partial charge in [-0.1, -0.05) is 30.1 Å². The summed E-state index contributed by atoms with van der Waals surface area (Å²) < 4.78 is 16.1. The van der Waals surface area contributed by atoms with Crippen molar-refractivity contribution in [3.05, 3.63) is 63.0 Å². The molecule has 0 aliphatic heterocycles. The average molecular weight is 437 g/mol. The predicted octanol–water partition coefficient (Wildman–Crippen LogP) is 4.86. The molecule has 1 heterocycles. The first kappa shape index (κ1) is 21.1. The van der Waals surface area contributed by atoms with Crippen LogP contribution in [0.15, 0.2) is 30.3 Å². The Morgan fingerprint density at radius 2 is 1.90 bits per heavy atom. The summed E-state index contributed by atoms with van der Waals surface area (Å²) in [5.74, 6) is -2.16. The zero-order chi connectivity index (χ0) is 21.3. The molecule has 0 aliphatic carbocycles. The summed E-state index contributed by atoms with van der Waals surface area (Å²) in [7, 11) is 0. The standard InChI is InChI=1S/C21H19Cl2FN2O3/c1-3-8-25-18(28)10-13-11(2)26(16-6-7-17(27)20(24)19(13)16)21(29)12-4-5-14(22)15(23)9-12/h4-7,9,27H,3,8,10H2,1-2H3,(H,25,28). The second kappa shape index (κ2) is 8.43. The van der Waals surface area contributed by atoms with Gasteiger partial charge in [-0.05, 0) is 49.2 Å². The highest BCUT2D eigenvalue weighted by Gasteiger charge is 2.25. The Kier molecular flexibility index (Phi) is 6.15. The van der Waals surface area contributed by atoms with Crippen molar-refractivity contribution in [2.45, 2.75) is 26.7 Å². The van der Waals surface area contributed by atoms with Crippen molar-refractivity contribution in [3.8, 4) is 5.75 Å². The molecule has 0 bridgehead atoms. The van der Waals surface area contributed by atoms with Crippen molar-refractivity contribution in [1.82, 2.24) is 9.88 Å². The molecule has 1 amide bonds. The molecule has 3 rings (SSSR count). The van der Waals surface area contributed by atoms with E-state index in [9.17, 15) is 19.1 Å². The lowest BCUT2D eigenvalue weighted by molar-refractivity contribution is -0.120. The van der Waals surface area contributed by atoms with E-state index in [1.54, 1.807) is 6.92 Å². The van der Waals surface area contributed by atoms with Gasteiger partial charge in [0.1, 0.15) is 0 Å². The van der Waals surface area contributed by atoms with Crippen LogP contribution in [0.1, 0.15) is 35.0 Å². The van der Waals surface area contributed by atoms with E-state index < -0.39 is 17.5 Å². The molecule has 0 radical (unpaired) electrons. The van der Waals surface area contributed by atoms with E-state index in [0.717, 1.165) is 6.42 Å². The Hall–Kier alpha value is -2.57. The molecule has 8 heteroatoms. The molecule has 0 saturated carbocycles. The van der Waals surface area contributed by atoms with Crippen molar-refractivity contribution in [3.63, 3.8) is 0 Å². The van der Waals surface area contributed by atoms with E-state index in [-0.39, 0.29) is 33.8 Å². The number of phenolic OH excluding ortho intramolecular Hbond substituents is 1. The smallest absolute Gasteiger partial charge is 0.262 e. The Balaban J connectivity index is 2.18. The lowest BCUT2D eigenvalue weighted by atomic mass is 10.1. The van der Waals surface area contributed by atoms with Gasteiger partial charge in [0.15, 0.2) is 11.6 Å². The van der Waals surface area contributed by atoms with Gasteiger partial charge >= 0.3 is 0 Å². The number of hydrogen-bond donors (Lipinski definition) is 2. The van der Waals surface area contributed by atoms with Crippen molar-refractivity contribution in [2.75, 3.05) is 6.54 Å². The maximum absolute atomic E-state index is 14.8. The number of nitrogens with zero attached hydrogens (tertiary/aromatic N) is 1. The molecule has 0 fully saturated rings. The molecular weight excluding hydrogens is 418 g/mol. The first-order valence-electron chi connectivity index (χ1n) is 9.04. The third-order valence-corrected chi connectivity index (χ3v) is 5.43. The molecule has 2 aromatic carbocycles. The number of benzene rings is 2. The Bertz CT molecular complexity index is 1130. The quantitative estimate of drug-likeness (QED) is 0.599. The van der Waals surface area contributed by atoms with Gasteiger partial charge in [0, 0.05) is 23.2 Å². The normalized spacial score (nSPS) is 11.1. The molecule has 3 aromatic rings. The minimum Gasteiger partial charge on any atom is -0.505 e. The van der Waals surface area contributed by atoms with Gasteiger partial charge in [-0.2, -0.15) is 0 Å². The van der Waals surface area contributed by atoms with Crippen LogP contribution < -0.4 is 5.32 Å². The van der Waals surface area contributed by atoms with Gasteiger partial charge in [0.2, 0.25) is 5.91 Å². The van der Waals surface area contributed by atoms with Gasteiger partial charge < -0.3 is 10.4 Å². The molecule has 0 spiro atoms. The van der Waals surface area contributed by atoms with Crippen LogP contribution in [0.5, 0.6) is 5.75 Å². The fourth-order valence-electron chi connectivity index (χ4n) is 3.25. The fourth-order valence-corrected chi connectivity index (χ4v) is 3.55. The Morgan fingerprint density at radius 3 is 2.55 bits per heavy atom. The number of fused-ring (bicyclic) bond motifs is 1. The molecule has 29 heavy (non-hydrogen) atoms. The van der Waals surface area contributed by atoms with Crippen LogP contribution in [0.2, 0.25) is 10.0 Å². The number of aromatic nitrogens is 1. The highest BCUT2D eigenvalue weighted by Crippen LogP contribution is 2.34. The van der Waals surface area contributed by atoms with Crippen LogP contribution in [0, 0.1) is 12.7 Å². The van der Waals surface area contributed by atoms with Crippen molar-refractivity contribution < 1.29 is 19.1 Å². The first-order valence-corrected chi connectivity index (χ1v) is 9.79. The van der Waals surface area contributed by atoms with Gasteiger partial charge in [-0.3, -0.25) is 14.2 Å². The van der Waals surface area contributed by atoms with Crippen LogP contribution in [0.25, 0.3) is 10.9 Å². The molecule has 5 nitrogen and oxygen atoms in total. The third-order valence-electron chi connectivity index (χ3n) is 4.69. The number of carbonyl (C=O) groups excluding carboxylic acids is 2. The number of phenols is 1. The third kappa shape index (κ3) is 3.95. The zero-order valence-corrected chi connectivity index (χ0v) is 17.4. The lowest BCUT2D eigenvalue weighted by Gasteiger charge is -2.09. The minimum absolute atomic E-state index is 0.0440. The predicted molar refractivity (Wildman–Crippen MR) is 111 cm³/mol. The van der Waals surface area contributed by atoms with E-state index in [1.807, 2.05) is 6.92 Å². The Morgan fingerprint density at radius 1 is 1.17 bits per heavy atom. The molecular formula is C21H19Cl2FN2O3. The minimum atomic E-state index is -0.871. The van der Waals surface area contributed by atoms with E-state index in [1.165, 1.54) is 34.9 Å². The molecule has 0 unspecified atom stereocenters. The van der Waals surface area contributed by atoms with Crippen LogP contribution >= 0.6 is 23.2 Å². The van der Waals surface area contributed by atoms with E-state index >= 15 is 0 Å². The highest BCUT2D eigenvalue weighted by molar-refractivity contribution is 6.42. The van der Waals surface area contributed by atoms with Crippen LogP contribution in [0.3, 0.4) is 0 Å². The number of hydrogen-bond acceptors (Lipinski definition) is 3. The number of nitrogens with one attached hydrogen (secondary N) is 1. The summed E-state index contributed by atoms with van der Waals surface area (Å²) in [6.07, 6.45) is 0.641. The summed E-state index contributed by atoms with van der Waals surface area (Å²) in [6.45, 7) is 4.05. The number of aromatic hydroxyl groups is 1. The van der Waals surface area contributed by atoms with Crippen LogP contribution in [-0.2, 0) is 11.2 Å². The first-order chi connectivity index (χ1) is 13.8. The summed E-state index contributed by atoms with van der Waals surface area (Å²) in [5.41, 5.74) is 1.27. The summed E-state index contributed by atoms with van der Waals surface area (Å²) >= 11 is 12.0. The van der Waals surface area contributed by atoms with Crippen molar-refractivity contribution >= 4 is 45.9 Å². The molecule has 2 N–H and O–H groups in total. The van der Waals surface area contributed by atoms with E-state index in [4.69, 9.17) is 23.2 Å². The zero-order valence-electron chi connectivity index (χ0n) is 15.9. The SMILES string of the molecule is CCCNC(=O)Cc1c(C)n(C(=O)c2ccc(Cl)c(Cl)c2)c2ccc(O)c(F)c12. The van der Waals surface area contributed by atoms with Crippen molar-refractivity contribution in [1.29, 1.82) is 0 Å². The largest absolute Gasteiger partial charge is 0.505 e. The van der Waals surface area contributed by atoms with Crippen LogP contribution in [-0.4, -0.2) is 28.0 Å². The second-order valence-corrected chi connectivity index (χ2v) is 7.47. The maximum atomic E-state index is 14.8. The molecule has 152 valence electrons. The van der Waals surface area contributed by atoms with Crippen molar-refractivity contribution in [2.24, 2.45) is 0 Å². The number of rotatable bonds is 5. The molecule has 1 aromatic heterocycles. The maximum Gasteiger partial charge on any atom is 0.262 e. The topological polar surface area (TPSA) is 71.3 Å². The summed E-state index contributed by atoms with van der Waals surface area (Å²) in [4.78, 5) is 25.5. The molecule has 0 atom stereocenters. The lowest BCUT2D eigenvalue weighted by Crippen LogP contribution is -2.26. The van der Waals surface area contributed by atoms with Gasteiger partial charge in [0.25, 0.3) is 5.91 Å². The van der Waals surface area contributed by atoms with E-state index in [2.05, 4.69) is 5.32 Å². The number of carbonyl (C=O) groups is 2.